The quantitative estimate of drug-likeness (QED) is 0.828. The van der Waals surface area contributed by atoms with Crippen molar-refractivity contribution in [1.29, 1.82) is 0 Å². The summed E-state index contributed by atoms with van der Waals surface area (Å²) in [6.07, 6.45) is 0.527. The molecule has 2 amide bonds. The van der Waals surface area contributed by atoms with Crippen molar-refractivity contribution < 1.29 is 14.0 Å². The number of carbonyl (C=O) groups excluding carboxylic acids is 2. The molecule has 0 spiro atoms. The van der Waals surface area contributed by atoms with Crippen molar-refractivity contribution in [1.82, 2.24) is 5.32 Å². The van der Waals surface area contributed by atoms with Gasteiger partial charge < -0.3 is 10.6 Å². The summed E-state index contributed by atoms with van der Waals surface area (Å²) in [4.78, 5) is 24.7. The van der Waals surface area contributed by atoms with Gasteiger partial charge in [-0.2, -0.15) is 0 Å². The van der Waals surface area contributed by atoms with E-state index in [0.29, 0.717) is 17.9 Å². The van der Waals surface area contributed by atoms with Gasteiger partial charge in [-0.1, -0.05) is 50.2 Å². The standard InChI is InChI=1S/C21H23FN2O2/c1-13(2)15-8-4-6-10-19(15)24-21(26)17-11-16(17)20(25)23-12-14-7-3-5-9-18(14)22/h3-10,13,16-17H,11-12H2,1-2H3,(H,23,25)(H,24,26). The molecule has 0 aliphatic heterocycles. The van der Waals surface area contributed by atoms with Crippen molar-refractivity contribution in [3.05, 3.63) is 65.5 Å². The largest absolute Gasteiger partial charge is 0.352 e. The second-order valence-corrected chi connectivity index (χ2v) is 6.99. The van der Waals surface area contributed by atoms with Crippen LogP contribution in [0.5, 0.6) is 0 Å². The Morgan fingerprint density at radius 2 is 1.69 bits per heavy atom. The first-order valence-electron chi connectivity index (χ1n) is 8.88. The third kappa shape index (κ3) is 4.10. The molecule has 2 N–H and O–H groups in total. The summed E-state index contributed by atoms with van der Waals surface area (Å²) in [6.45, 7) is 4.27. The van der Waals surface area contributed by atoms with Gasteiger partial charge in [0.05, 0.1) is 11.8 Å². The number of nitrogens with one attached hydrogen (secondary N) is 2. The molecule has 0 bridgehead atoms. The Hall–Kier alpha value is -2.69. The first-order valence-corrected chi connectivity index (χ1v) is 8.88. The highest BCUT2D eigenvalue weighted by atomic mass is 19.1. The van der Waals surface area contributed by atoms with Gasteiger partial charge in [0.25, 0.3) is 0 Å². The molecular weight excluding hydrogens is 331 g/mol. The zero-order valence-corrected chi connectivity index (χ0v) is 15.0. The highest BCUT2D eigenvalue weighted by molar-refractivity contribution is 6.00. The third-order valence-electron chi connectivity index (χ3n) is 4.72. The van der Waals surface area contributed by atoms with Gasteiger partial charge >= 0.3 is 0 Å². The number of halogens is 1. The third-order valence-corrected chi connectivity index (χ3v) is 4.72. The minimum absolute atomic E-state index is 0.131. The molecule has 1 aliphatic carbocycles. The van der Waals surface area contributed by atoms with Crippen LogP contribution in [0.3, 0.4) is 0 Å². The van der Waals surface area contributed by atoms with E-state index >= 15 is 0 Å². The molecule has 1 saturated carbocycles. The fraction of sp³-hybridized carbons (Fsp3) is 0.333. The Morgan fingerprint density at radius 3 is 2.42 bits per heavy atom. The SMILES string of the molecule is CC(C)c1ccccc1NC(=O)C1CC1C(=O)NCc1ccccc1F. The van der Waals surface area contributed by atoms with Crippen molar-refractivity contribution in [2.75, 3.05) is 5.32 Å². The number of amides is 2. The summed E-state index contributed by atoms with van der Waals surface area (Å²) in [6, 6.07) is 14.0. The second-order valence-electron chi connectivity index (χ2n) is 6.99. The van der Waals surface area contributed by atoms with E-state index in [9.17, 15) is 14.0 Å². The number of carbonyl (C=O) groups is 2. The summed E-state index contributed by atoms with van der Waals surface area (Å²) in [5.74, 6) is -1.05. The average molecular weight is 354 g/mol. The lowest BCUT2D eigenvalue weighted by Gasteiger charge is -2.13. The molecule has 26 heavy (non-hydrogen) atoms. The van der Waals surface area contributed by atoms with Gasteiger partial charge in [-0.05, 0) is 30.0 Å². The van der Waals surface area contributed by atoms with Crippen LogP contribution in [0.4, 0.5) is 10.1 Å². The lowest BCUT2D eigenvalue weighted by molar-refractivity contribution is -0.125. The predicted octanol–water partition coefficient (Wildman–Crippen LogP) is 3.84. The van der Waals surface area contributed by atoms with Crippen molar-refractivity contribution in [2.24, 2.45) is 11.8 Å². The normalized spacial score (nSPS) is 18.5. The number of benzene rings is 2. The minimum atomic E-state index is -0.344. The zero-order chi connectivity index (χ0) is 18.7. The topological polar surface area (TPSA) is 58.2 Å². The van der Waals surface area contributed by atoms with Crippen LogP contribution < -0.4 is 10.6 Å². The predicted molar refractivity (Wildman–Crippen MR) is 99.0 cm³/mol. The van der Waals surface area contributed by atoms with Crippen LogP contribution in [-0.4, -0.2) is 11.8 Å². The summed E-state index contributed by atoms with van der Waals surface area (Å²) < 4.78 is 13.6. The maximum absolute atomic E-state index is 13.6. The maximum Gasteiger partial charge on any atom is 0.228 e. The molecule has 0 aromatic heterocycles. The van der Waals surface area contributed by atoms with E-state index < -0.39 is 0 Å². The van der Waals surface area contributed by atoms with Gasteiger partial charge in [0.2, 0.25) is 11.8 Å². The van der Waals surface area contributed by atoms with Crippen molar-refractivity contribution in [2.45, 2.75) is 32.7 Å². The van der Waals surface area contributed by atoms with Gasteiger partial charge in [-0.25, -0.2) is 4.39 Å². The Morgan fingerprint density at radius 1 is 1.04 bits per heavy atom. The first kappa shape index (κ1) is 18.1. The van der Waals surface area contributed by atoms with Crippen LogP contribution in [0, 0.1) is 17.7 Å². The fourth-order valence-electron chi connectivity index (χ4n) is 3.07. The van der Waals surface area contributed by atoms with Gasteiger partial charge in [-0.3, -0.25) is 9.59 Å². The summed E-state index contributed by atoms with van der Waals surface area (Å²) in [5, 5.41) is 5.66. The summed E-state index contributed by atoms with van der Waals surface area (Å²) in [5.41, 5.74) is 2.31. The Labute approximate surface area is 152 Å². The molecule has 136 valence electrons. The molecule has 5 heteroatoms. The molecular formula is C21H23FN2O2. The van der Waals surface area contributed by atoms with E-state index in [-0.39, 0.29) is 36.0 Å². The minimum Gasteiger partial charge on any atom is -0.352 e. The van der Waals surface area contributed by atoms with Gasteiger partial charge in [-0.15, -0.1) is 0 Å². The smallest absolute Gasteiger partial charge is 0.228 e. The van der Waals surface area contributed by atoms with Crippen molar-refractivity contribution in [3.63, 3.8) is 0 Å². The first-order chi connectivity index (χ1) is 12.5. The van der Waals surface area contributed by atoms with E-state index in [0.717, 1.165) is 11.3 Å². The zero-order valence-electron chi connectivity index (χ0n) is 15.0. The maximum atomic E-state index is 13.6. The fourth-order valence-corrected chi connectivity index (χ4v) is 3.07. The molecule has 2 unspecified atom stereocenters. The molecule has 2 aromatic rings. The molecule has 0 radical (unpaired) electrons. The summed E-state index contributed by atoms with van der Waals surface area (Å²) in [7, 11) is 0. The van der Waals surface area contributed by atoms with Crippen LogP contribution in [0.2, 0.25) is 0 Å². The van der Waals surface area contributed by atoms with Crippen LogP contribution >= 0.6 is 0 Å². The lowest BCUT2D eigenvalue weighted by Crippen LogP contribution is -2.27. The van der Waals surface area contributed by atoms with E-state index in [1.54, 1.807) is 18.2 Å². The van der Waals surface area contributed by atoms with E-state index in [2.05, 4.69) is 24.5 Å². The number of hydrogen-bond acceptors (Lipinski definition) is 2. The molecule has 3 rings (SSSR count). The Balaban J connectivity index is 1.54. The monoisotopic (exact) mass is 354 g/mol. The molecule has 0 saturated heterocycles. The van der Waals surface area contributed by atoms with E-state index in [4.69, 9.17) is 0 Å². The highest BCUT2D eigenvalue weighted by Gasteiger charge is 2.48. The van der Waals surface area contributed by atoms with Crippen LogP contribution in [-0.2, 0) is 16.1 Å². The molecule has 1 aliphatic rings. The second kappa shape index (κ2) is 7.68. The lowest BCUT2D eigenvalue weighted by atomic mass is 10.0. The van der Waals surface area contributed by atoms with Crippen molar-refractivity contribution >= 4 is 17.5 Å². The van der Waals surface area contributed by atoms with Gasteiger partial charge in [0, 0.05) is 17.8 Å². The molecule has 4 nitrogen and oxygen atoms in total. The number of anilines is 1. The average Bonchev–Trinajstić information content (AvgIpc) is 3.42. The van der Waals surface area contributed by atoms with Crippen molar-refractivity contribution in [3.8, 4) is 0 Å². The van der Waals surface area contributed by atoms with Crippen LogP contribution in [0.15, 0.2) is 48.5 Å². The van der Waals surface area contributed by atoms with Crippen LogP contribution in [0.1, 0.15) is 37.3 Å². The number of hydrogen-bond donors (Lipinski definition) is 2. The highest BCUT2D eigenvalue weighted by Crippen LogP contribution is 2.40. The van der Waals surface area contributed by atoms with Gasteiger partial charge in [0.15, 0.2) is 0 Å². The van der Waals surface area contributed by atoms with E-state index in [1.807, 2.05) is 24.3 Å². The number of para-hydroxylation sites is 1. The Kier molecular flexibility index (Phi) is 5.35. The van der Waals surface area contributed by atoms with Crippen LogP contribution in [0.25, 0.3) is 0 Å². The molecule has 2 aromatic carbocycles. The summed E-state index contributed by atoms with van der Waals surface area (Å²) >= 11 is 0. The molecule has 1 fully saturated rings. The Bertz CT molecular complexity index is 819. The molecule has 2 atom stereocenters. The molecule has 0 heterocycles. The van der Waals surface area contributed by atoms with Gasteiger partial charge in [0.1, 0.15) is 5.82 Å². The van der Waals surface area contributed by atoms with E-state index in [1.165, 1.54) is 6.07 Å². The number of rotatable bonds is 6.